The molecular formula is C16H16ClNO2. The van der Waals surface area contributed by atoms with Crippen molar-refractivity contribution in [3.63, 3.8) is 0 Å². The van der Waals surface area contributed by atoms with Crippen molar-refractivity contribution in [3.05, 3.63) is 64.7 Å². The van der Waals surface area contributed by atoms with E-state index in [1.807, 2.05) is 24.3 Å². The second-order valence-corrected chi connectivity index (χ2v) is 4.89. The Hall–Kier alpha value is -1.84. The number of ether oxygens (including phenoxy) is 1. The van der Waals surface area contributed by atoms with Gasteiger partial charge in [-0.25, -0.2) is 0 Å². The average molecular weight is 290 g/mol. The summed E-state index contributed by atoms with van der Waals surface area (Å²) in [6.07, 6.45) is 0.971. The first-order valence-electron chi connectivity index (χ1n) is 6.41. The van der Waals surface area contributed by atoms with Gasteiger partial charge in [0, 0.05) is 18.0 Å². The maximum absolute atomic E-state index is 11.7. The first-order chi connectivity index (χ1) is 9.67. The van der Waals surface area contributed by atoms with Crippen molar-refractivity contribution in [2.24, 2.45) is 5.73 Å². The Bertz CT molecular complexity index is 581. The van der Waals surface area contributed by atoms with E-state index >= 15 is 0 Å². The first kappa shape index (κ1) is 14.6. The second kappa shape index (κ2) is 7.08. The van der Waals surface area contributed by atoms with Gasteiger partial charge in [-0.15, -0.1) is 0 Å². The van der Waals surface area contributed by atoms with Gasteiger partial charge in [-0.1, -0.05) is 41.9 Å². The molecule has 0 saturated carbocycles. The van der Waals surface area contributed by atoms with E-state index in [9.17, 15) is 4.79 Å². The topological polar surface area (TPSA) is 52.3 Å². The zero-order chi connectivity index (χ0) is 14.4. The van der Waals surface area contributed by atoms with Gasteiger partial charge in [0.05, 0.1) is 0 Å². The van der Waals surface area contributed by atoms with E-state index in [0.717, 1.165) is 11.1 Å². The molecule has 2 aromatic rings. The molecule has 0 heterocycles. The molecule has 0 atom stereocenters. The number of esters is 1. The third-order valence-electron chi connectivity index (χ3n) is 2.90. The van der Waals surface area contributed by atoms with Crippen LogP contribution < -0.4 is 10.5 Å². The summed E-state index contributed by atoms with van der Waals surface area (Å²) in [6, 6.07) is 14.7. The molecule has 104 valence electrons. The lowest BCUT2D eigenvalue weighted by Gasteiger charge is -2.05. The molecule has 2 N–H and O–H groups in total. The lowest BCUT2D eigenvalue weighted by Crippen LogP contribution is -2.09. The van der Waals surface area contributed by atoms with Crippen LogP contribution >= 0.6 is 11.6 Å². The van der Waals surface area contributed by atoms with Crippen LogP contribution in [0.2, 0.25) is 5.02 Å². The molecule has 0 fully saturated rings. The van der Waals surface area contributed by atoms with Gasteiger partial charge in [-0.3, -0.25) is 4.79 Å². The van der Waals surface area contributed by atoms with Crippen LogP contribution in [0, 0.1) is 0 Å². The molecule has 0 saturated heterocycles. The van der Waals surface area contributed by atoms with Gasteiger partial charge < -0.3 is 10.5 Å². The Balaban J connectivity index is 1.85. The van der Waals surface area contributed by atoms with Crippen LogP contribution in [0.5, 0.6) is 5.75 Å². The molecule has 0 aromatic heterocycles. The van der Waals surface area contributed by atoms with Gasteiger partial charge in [0.15, 0.2) is 0 Å². The summed E-state index contributed by atoms with van der Waals surface area (Å²) < 4.78 is 5.22. The lowest BCUT2D eigenvalue weighted by molar-refractivity contribution is -0.134. The van der Waals surface area contributed by atoms with Crippen LogP contribution in [0.25, 0.3) is 0 Å². The van der Waals surface area contributed by atoms with Gasteiger partial charge in [0.25, 0.3) is 0 Å². The van der Waals surface area contributed by atoms with E-state index in [4.69, 9.17) is 22.1 Å². The number of nitrogens with two attached hydrogens (primary N) is 1. The predicted molar refractivity (Wildman–Crippen MR) is 79.7 cm³/mol. The molecule has 20 heavy (non-hydrogen) atoms. The highest BCUT2D eigenvalue weighted by Gasteiger charge is 2.06. The van der Waals surface area contributed by atoms with Gasteiger partial charge >= 0.3 is 5.97 Å². The first-order valence-corrected chi connectivity index (χ1v) is 6.79. The zero-order valence-electron chi connectivity index (χ0n) is 11.0. The molecule has 0 aliphatic carbocycles. The lowest BCUT2D eigenvalue weighted by atomic mass is 10.1. The van der Waals surface area contributed by atoms with Crippen LogP contribution in [0.4, 0.5) is 0 Å². The molecule has 0 aliphatic heterocycles. The summed E-state index contributed by atoms with van der Waals surface area (Å²) in [5.41, 5.74) is 7.70. The molecule has 2 rings (SSSR count). The van der Waals surface area contributed by atoms with Crippen LogP contribution in [0.3, 0.4) is 0 Å². The molecule has 0 bridgehead atoms. The summed E-state index contributed by atoms with van der Waals surface area (Å²) in [5.74, 6) is 0.205. The number of benzene rings is 2. The Morgan fingerprint density at radius 1 is 1.10 bits per heavy atom. The third-order valence-corrected chi connectivity index (χ3v) is 3.14. The van der Waals surface area contributed by atoms with Crippen LogP contribution in [-0.2, 0) is 17.8 Å². The van der Waals surface area contributed by atoms with Crippen molar-refractivity contribution in [3.8, 4) is 5.75 Å². The fourth-order valence-corrected chi connectivity index (χ4v) is 1.98. The minimum Gasteiger partial charge on any atom is -0.426 e. The molecule has 3 nitrogen and oxygen atoms in total. The Morgan fingerprint density at radius 3 is 2.45 bits per heavy atom. The van der Waals surface area contributed by atoms with Gasteiger partial charge in [0.1, 0.15) is 5.75 Å². The standard InChI is InChI=1S/C16H16ClNO2/c17-14-2-1-3-15(10-14)20-16(19)9-8-12-4-6-13(11-18)7-5-12/h1-7,10H,8-9,11,18H2. The summed E-state index contributed by atoms with van der Waals surface area (Å²) in [5, 5.41) is 0.549. The monoisotopic (exact) mass is 289 g/mol. The highest BCUT2D eigenvalue weighted by atomic mass is 35.5. The number of hydrogen-bond acceptors (Lipinski definition) is 3. The minimum atomic E-state index is -0.268. The molecular weight excluding hydrogens is 274 g/mol. The van der Waals surface area contributed by atoms with Crippen LogP contribution in [0.1, 0.15) is 17.5 Å². The van der Waals surface area contributed by atoms with Crippen molar-refractivity contribution in [2.75, 3.05) is 0 Å². The predicted octanol–water partition coefficient (Wildman–Crippen LogP) is 3.34. The summed E-state index contributed by atoms with van der Waals surface area (Å²) in [6.45, 7) is 0.525. The highest BCUT2D eigenvalue weighted by Crippen LogP contribution is 2.18. The van der Waals surface area contributed by atoms with Gasteiger partial charge in [0.2, 0.25) is 0 Å². The molecule has 0 radical (unpaired) electrons. The molecule has 0 unspecified atom stereocenters. The number of halogens is 1. The number of rotatable bonds is 5. The van der Waals surface area contributed by atoms with Crippen molar-refractivity contribution < 1.29 is 9.53 Å². The maximum atomic E-state index is 11.7. The quantitative estimate of drug-likeness (QED) is 0.678. The van der Waals surface area contributed by atoms with E-state index in [-0.39, 0.29) is 5.97 Å². The molecule has 4 heteroatoms. The van der Waals surface area contributed by atoms with Crippen molar-refractivity contribution in [2.45, 2.75) is 19.4 Å². The van der Waals surface area contributed by atoms with E-state index in [1.54, 1.807) is 24.3 Å². The fraction of sp³-hybridized carbons (Fsp3) is 0.188. The second-order valence-electron chi connectivity index (χ2n) is 4.45. The normalized spacial score (nSPS) is 10.3. The summed E-state index contributed by atoms with van der Waals surface area (Å²) in [4.78, 5) is 11.7. The molecule has 2 aromatic carbocycles. The van der Waals surface area contributed by atoms with Gasteiger partial charge in [-0.2, -0.15) is 0 Å². The summed E-state index contributed by atoms with van der Waals surface area (Å²) >= 11 is 5.83. The van der Waals surface area contributed by atoms with Crippen molar-refractivity contribution in [1.82, 2.24) is 0 Å². The van der Waals surface area contributed by atoms with E-state index in [1.165, 1.54) is 0 Å². The van der Waals surface area contributed by atoms with Crippen LogP contribution in [0.15, 0.2) is 48.5 Å². The molecule has 0 amide bonds. The zero-order valence-corrected chi connectivity index (χ0v) is 11.8. The number of carbonyl (C=O) groups excluding carboxylic acids is 1. The number of hydrogen-bond donors (Lipinski definition) is 1. The minimum absolute atomic E-state index is 0.268. The molecule has 0 spiro atoms. The van der Waals surface area contributed by atoms with Crippen LogP contribution in [-0.4, -0.2) is 5.97 Å². The van der Waals surface area contributed by atoms with Gasteiger partial charge in [-0.05, 0) is 35.7 Å². The maximum Gasteiger partial charge on any atom is 0.311 e. The number of carbonyl (C=O) groups is 1. The largest absolute Gasteiger partial charge is 0.426 e. The van der Waals surface area contributed by atoms with E-state index < -0.39 is 0 Å². The highest BCUT2D eigenvalue weighted by molar-refractivity contribution is 6.30. The fourth-order valence-electron chi connectivity index (χ4n) is 1.80. The Kier molecular flexibility index (Phi) is 5.16. The Morgan fingerprint density at radius 2 is 1.80 bits per heavy atom. The third kappa shape index (κ3) is 4.37. The van der Waals surface area contributed by atoms with E-state index in [0.29, 0.717) is 30.2 Å². The summed E-state index contributed by atoms with van der Waals surface area (Å²) in [7, 11) is 0. The number of aryl methyl sites for hydroxylation is 1. The SMILES string of the molecule is NCc1ccc(CCC(=O)Oc2cccc(Cl)c2)cc1. The van der Waals surface area contributed by atoms with Crippen molar-refractivity contribution >= 4 is 17.6 Å². The molecule has 0 aliphatic rings. The smallest absolute Gasteiger partial charge is 0.311 e. The average Bonchev–Trinajstić information content (AvgIpc) is 2.46. The van der Waals surface area contributed by atoms with Crippen molar-refractivity contribution in [1.29, 1.82) is 0 Å². The van der Waals surface area contributed by atoms with E-state index in [2.05, 4.69) is 0 Å². The Labute approximate surface area is 123 Å².